The molecule has 4 rings (SSSR count). The lowest BCUT2D eigenvalue weighted by molar-refractivity contribution is -0.111. The molecule has 2 aromatic heterocycles. The molecule has 2 heterocycles. The summed E-state index contributed by atoms with van der Waals surface area (Å²) in [5.74, 6) is -0.904. The predicted molar refractivity (Wildman–Crippen MR) is 122 cm³/mol. The molecule has 0 aliphatic carbocycles. The zero-order chi connectivity index (χ0) is 22.3. The number of hydrogen-bond acceptors (Lipinski definition) is 5. The molecule has 0 fully saturated rings. The third-order valence-corrected chi connectivity index (χ3v) is 4.70. The Hall–Kier alpha value is -4.52. The number of carbonyl (C=O) groups excluding carboxylic acids is 2. The first-order valence-corrected chi connectivity index (χ1v) is 9.87. The maximum absolute atomic E-state index is 12.6. The third kappa shape index (κ3) is 4.62. The molecule has 158 valence electrons. The predicted octanol–water partition coefficient (Wildman–Crippen LogP) is 4.37. The van der Waals surface area contributed by atoms with Crippen molar-refractivity contribution in [2.24, 2.45) is 0 Å². The van der Waals surface area contributed by atoms with Crippen LogP contribution in [-0.4, -0.2) is 33.8 Å². The van der Waals surface area contributed by atoms with Crippen molar-refractivity contribution in [2.45, 2.75) is 0 Å². The molecule has 0 saturated carbocycles. The minimum atomic E-state index is -0.520. The van der Waals surface area contributed by atoms with Crippen molar-refractivity contribution in [2.75, 3.05) is 12.4 Å². The van der Waals surface area contributed by atoms with Gasteiger partial charge in [0.05, 0.1) is 24.0 Å². The number of anilines is 1. The van der Waals surface area contributed by atoms with E-state index in [-0.39, 0.29) is 11.5 Å². The Balaban J connectivity index is 1.63. The number of pyridine rings is 1. The zero-order valence-corrected chi connectivity index (χ0v) is 17.3. The topological polar surface area (TPSA) is 86.1 Å². The van der Waals surface area contributed by atoms with Gasteiger partial charge in [0, 0.05) is 35.8 Å². The molecule has 0 aliphatic heterocycles. The maximum Gasteiger partial charge on any atom is 0.339 e. The smallest absolute Gasteiger partial charge is 0.339 e. The minimum absolute atomic E-state index is 0.282. The van der Waals surface area contributed by atoms with Gasteiger partial charge in [-0.15, -0.1) is 0 Å². The van der Waals surface area contributed by atoms with E-state index < -0.39 is 5.97 Å². The van der Waals surface area contributed by atoms with E-state index in [1.807, 2.05) is 48.7 Å². The summed E-state index contributed by atoms with van der Waals surface area (Å²) in [6, 6.07) is 20.1. The highest BCUT2D eigenvalue weighted by molar-refractivity contribution is 6.06. The summed E-state index contributed by atoms with van der Waals surface area (Å²) in [5, 5.41) is 7.42. The van der Waals surface area contributed by atoms with E-state index in [1.165, 1.54) is 13.2 Å². The first kappa shape index (κ1) is 20.7. The highest BCUT2D eigenvalue weighted by Crippen LogP contribution is 2.24. The van der Waals surface area contributed by atoms with Crippen LogP contribution in [-0.2, 0) is 9.53 Å². The molecular formula is C25H20N4O3. The number of esters is 1. The van der Waals surface area contributed by atoms with Crippen molar-refractivity contribution >= 4 is 23.6 Å². The fourth-order valence-electron chi connectivity index (χ4n) is 3.17. The molecule has 4 aromatic rings. The van der Waals surface area contributed by atoms with Crippen LogP contribution in [0.25, 0.3) is 23.0 Å². The second-order valence-electron chi connectivity index (χ2n) is 6.81. The quantitative estimate of drug-likeness (QED) is 0.367. The van der Waals surface area contributed by atoms with E-state index >= 15 is 0 Å². The number of methoxy groups -OCH3 is 1. The largest absolute Gasteiger partial charge is 0.465 e. The Bertz CT molecular complexity index is 1260. The number of nitrogens with one attached hydrogen (secondary N) is 1. The highest BCUT2D eigenvalue weighted by atomic mass is 16.5. The summed E-state index contributed by atoms with van der Waals surface area (Å²) in [6.45, 7) is 0. The number of rotatable bonds is 6. The molecule has 1 amide bonds. The molecular weight excluding hydrogens is 404 g/mol. The van der Waals surface area contributed by atoms with E-state index in [1.54, 1.807) is 47.4 Å². The van der Waals surface area contributed by atoms with Gasteiger partial charge in [0.15, 0.2) is 0 Å². The Labute approximate surface area is 185 Å². The fourth-order valence-corrected chi connectivity index (χ4v) is 3.17. The molecule has 0 saturated heterocycles. The fraction of sp³-hybridized carbons (Fsp3) is 0.0400. The number of benzene rings is 2. The van der Waals surface area contributed by atoms with Crippen LogP contribution >= 0.6 is 0 Å². The number of nitrogens with zero attached hydrogens (tertiary/aromatic N) is 3. The molecule has 0 atom stereocenters. The molecule has 0 bridgehead atoms. The van der Waals surface area contributed by atoms with Crippen molar-refractivity contribution in [1.82, 2.24) is 14.8 Å². The second kappa shape index (κ2) is 9.53. The first-order chi connectivity index (χ1) is 15.7. The molecule has 7 nitrogen and oxygen atoms in total. The van der Waals surface area contributed by atoms with E-state index in [0.717, 1.165) is 16.8 Å². The molecule has 7 heteroatoms. The Morgan fingerprint density at radius 3 is 2.53 bits per heavy atom. The number of aromatic nitrogens is 3. The molecule has 0 radical (unpaired) electrons. The number of ether oxygens (including phenoxy) is 1. The zero-order valence-electron chi connectivity index (χ0n) is 17.3. The molecule has 0 unspecified atom stereocenters. The van der Waals surface area contributed by atoms with Gasteiger partial charge in [-0.3, -0.25) is 9.78 Å². The van der Waals surface area contributed by atoms with Gasteiger partial charge in [-0.05, 0) is 42.5 Å². The van der Waals surface area contributed by atoms with Gasteiger partial charge < -0.3 is 10.1 Å². The van der Waals surface area contributed by atoms with Crippen LogP contribution in [0.1, 0.15) is 15.9 Å². The van der Waals surface area contributed by atoms with E-state index in [4.69, 9.17) is 9.84 Å². The van der Waals surface area contributed by atoms with Crippen molar-refractivity contribution in [3.05, 3.63) is 103 Å². The van der Waals surface area contributed by atoms with Crippen molar-refractivity contribution in [3.8, 4) is 16.9 Å². The van der Waals surface area contributed by atoms with Gasteiger partial charge in [0.2, 0.25) is 5.91 Å². The van der Waals surface area contributed by atoms with E-state index in [2.05, 4.69) is 10.3 Å². The summed E-state index contributed by atoms with van der Waals surface area (Å²) in [5.41, 5.74) is 3.83. The van der Waals surface area contributed by atoms with Crippen molar-refractivity contribution < 1.29 is 14.3 Å². The van der Waals surface area contributed by atoms with Crippen molar-refractivity contribution in [3.63, 3.8) is 0 Å². The van der Waals surface area contributed by atoms with Crippen LogP contribution < -0.4 is 5.32 Å². The van der Waals surface area contributed by atoms with Gasteiger partial charge in [-0.1, -0.05) is 30.3 Å². The number of carbonyl (C=O) groups is 2. The standard InChI is InChI=1S/C25H20N4O3/c1-32-25(31)21-11-5-6-12-22(21)27-23(30)14-13-19-17-29(20-9-3-2-4-10-20)28-24(19)18-8-7-15-26-16-18/h2-17H,1H3,(H,27,30). The normalized spacial score (nSPS) is 10.8. The maximum atomic E-state index is 12.6. The number of para-hydroxylation sites is 2. The van der Waals surface area contributed by atoms with Gasteiger partial charge >= 0.3 is 5.97 Å². The van der Waals surface area contributed by atoms with E-state index in [9.17, 15) is 9.59 Å². The van der Waals surface area contributed by atoms with Gasteiger partial charge in [-0.25, -0.2) is 9.48 Å². The molecule has 0 spiro atoms. The monoisotopic (exact) mass is 424 g/mol. The lowest BCUT2D eigenvalue weighted by Gasteiger charge is -2.07. The molecule has 1 N–H and O–H groups in total. The van der Waals surface area contributed by atoms with Crippen LogP contribution in [0, 0.1) is 0 Å². The van der Waals surface area contributed by atoms with Crippen LogP contribution in [0.4, 0.5) is 5.69 Å². The lowest BCUT2D eigenvalue weighted by atomic mass is 10.1. The average Bonchev–Trinajstić information content (AvgIpc) is 3.28. The summed E-state index contributed by atoms with van der Waals surface area (Å²) >= 11 is 0. The summed E-state index contributed by atoms with van der Waals surface area (Å²) in [4.78, 5) is 28.7. The number of hydrogen-bond donors (Lipinski definition) is 1. The summed E-state index contributed by atoms with van der Waals surface area (Å²) < 4.78 is 6.53. The van der Waals surface area contributed by atoms with Crippen LogP contribution in [0.5, 0.6) is 0 Å². The van der Waals surface area contributed by atoms with Crippen molar-refractivity contribution in [1.29, 1.82) is 0 Å². The SMILES string of the molecule is COC(=O)c1ccccc1NC(=O)C=Cc1cn(-c2ccccc2)nc1-c1cccnc1. The second-order valence-corrected chi connectivity index (χ2v) is 6.81. The highest BCUT2D eigenvalue weighted by Gasteiger charge is 2.13. The van der Waals surface area contributed by atoms with Crippen LogP contribution in [0.3, 0.4) is 0 Å². The Kier molecular flexibility index (Phi) is 6.17. The average molecular weight is 424 g/mol. The van der Waals surface area contributed by atoms with E-state index in [0.29, 0.717) is 11.4 Å². The van der Waals surface area contributed by atoms with Crippen LogP contribution in [0.15, 0.2) is 91.4 Å². The van der Waals surface area contributed by atoms with Gasteiger partial charge in [0.1, 0.15) is 5.69 Å². The molecule has 32 heavy (non-hydrogen) atoms. The first-order valence-electron chi connectivity index (χ1n) is 9.87. The Morgan fingerprint density at radius 2 is 1.78 bits per heavy atom. The summed E-state index contributed by atoms with van der Waals surface area (Å²) in [7, 11) is 1.30. The molecule has 2 aromatic carbocycles. The third-order valence-electron chi connectivity index (χ3n) is 4.70. The van der Waals surface area contributed by atoms with Gasteiger partial charge in [-0.2, -0.15) is 5.10 Å². The number of amides is 1. The minimum Gasteiger partial charge on any atom is -0.465 e. The molecule has 0 aliphatic rings. The summed E-state index contributed by atoms with van der Waals surface area (Å²) in [6.07, 6.45) is 8.36. The lowest BCUT2D eigenvalue weighted by Crippen LogP contribution is -2.12. The Morgan fingerprint density at radius 1 is 1.00 bits per heavy atom. The van der Waals surface area contributed by atoms with Crippen LogP contribution in [0.2, 0.25) is 0 Å². The van der Waals surface area contributed by atoms with Gasteiger partial charge in [0.25, 0.3) is 0 Å².